The summed E-state index contributed by atoms with van der Waals surface area (Å²) in [5.41, 5.74) is 0.213. The summed E-state index contributed by atoms with van der Waals surface area (Å²) in [6, 6.07) is 1.96. The minimum Gasteiger partial charge on any atom is -0.389 e. The van der Waals surface area contributed by atoms with Crippen molar-refractivity contribution in [2.24, 2.45) is 0 Å². The smallest absolute Gasteiger partial charge is 0.227 e. The summed E-state index contributed by atoms with van der Waals surface area (Å²) in [5, 5.41) is 13.7. The molecule has 1 aromatic heterocycles. The molecule has 4 heteroatoms. The summed E-state index contributed by atoms with van der Waals surface area (Å²) in [4.78, 5) is 13.6. The third-order valence-electron chi connectivity index (χ3n) is 2.25. The summed E-state index contributed by atoms with van der Waals surface area (Å²) in [6.45, 7) is 6.37. The molecule has 90 valence electrons. The van der Waals surface area contributed by atoms with Crippen LogP contribution in [0.25, 0.3) is 0 Å². The van der Waals surface area contributed by atoms with Gasteiger partial charge in [0.2, 0.25) is 5.91 Å². The molecular weight excluding hydrogens is 222 g/mol. The largest absolute Gasteiger partial charge is 0.389 e. The van der Waals surface area contributed by atoms with E-state index in [2.05, 4.69) is 0 Å². The highest BCUT2D eigenvalue weighted by atomic mass is 32.1. The van der Waals surface area contributed by atoms with Crippen molar-refractivity contribution in [3.8, 4) is 0 Å². The average Bonchev–Trinajstić information content (AvgIpc) is 2.65. The molecule has 1 aromatic rings. The number of amides is 1. The van der Waals surface area contributed by atoms with Gasteiger partial charge in [-0.1, -0.05) is 0 Å². The lowest BCUT2D eigenvalue weighted by Crippen LogP contribution is -2.42. The standard InChI is InChI=1S/C12H19NO2S/c1-4-13(9-12(2,3)15)11(14)7-10-5-6-16-8-10/h5-6,8,15H,4,7,9H2,1-3H3. The summed E-state index contributed by atoms with van der Waals surface area (Å²) in [5.74, 6) is 0.0722. The summed E-state index contributed by atoms with van der Waals surface area (Å²) in [7, 11) is 0. The Morgan fingerprint density at radius 1 is 1.56 bits per heavy atom. The van der Waals surface area contributed by atoms with Crippen molar-refractivity contribution in [2.75, 3.05) is 13.1 Å². The van der Waals surface area contributed by atoms with E-state index in [9.17, 15) is 9.90 Å². The van der Waals surface area contributed by atoms with Gasteiger partial charge >= 0.3 is 0 Å². The molecule has 0 spiro atoms. The molecule has 0 aliphatic carbocycles. The number of thiophene rings is 1. The number of likely N-dealkylation sites (N-methyl/N-ethyl adjacent to an activating group) is 1. The Labute approximate surface area is 101 Å². The fourth-order valence-corrected chi connectivity index (χ4v) is 2.19. The van der Waals surface area contributed by atoms with Crippen molar-refractivity contribution in [3.63, 3.8) is 0 Å². The predicted octanol–water partition coefficient (Wildman–Crippen LogP) is 1.91. The lowest BCUT2D eigenvalue weighted by atomic mass is 10.1. The monoisotopic (exact) mass is 241 g/mol. The Balaban J connectivity index is 2.56. The van der Waals surface area contributed by atoms with Gasteiger partial charge in [0.05, 0.1) is 12.0 Å². The Hall–Kier alpha value is -0.870. The van der Waals surface area contributed by atoms with Crippen LogP contribution in [0.15, 0.2) is 16.8 Å². The molecule has 0 saturated heterocycles. The first-order valence-electron chi connectivity index (χ1n) is 5.43. The highest BCUT2D eigenvalue weighted by Crippen LogP contribution is 2.10. The Bertz CT molecular complexity index is 327. The molecule has 16 heavy (non-hydrogen) atoms. The molecule has 0 bridgehead atoms. The summed E-state index contributed by atoms with van der Waals surface area (Å²) >= 11 is 1.59. The van der Waals surface area contributed by atoms with Gasteiger partial charge in [0.1, 0.15) is 0 Å². The van der Waals surface area contributed by atoms with Crippen molar-refractivity contribution in [2.45, 2.75) is 32.8 Å². The van der Waals surface area contributed by atoms with Crippen molar-refractivity contribution in [3.05, 3.63) is 22.4 Å². The van der Waals surface area contributed by atoms with E-state index in [-0.39, 0.29) is 5.91 Å². The first-order valence-corrected chi connectivity index (χ1v) is 6.38. The topological polar surface area (TPSA) is 40.5 Å². The molecule has 0 saturated carbocycles. The van der Waals surface area contributed by atoms with E-state index >= 15 is 0 Å². The van der Waals surface area contributed by atoms with E-state index in [4.69, 9.17) is 0 Å². The van der Waals surface area contributed by atoms with Crippen molar-refractivity contribution >= 4 is 17.2 Å². The van der Waals surface area contributed by atoms with Gasteiger partial charge in [0.25, 0.3) is 0 Å². The SMILES string of the molecule is CCN(CC(C)(C)O)C(=O)Cc1ccsc1. The van der Waals surface area contributed by atoms with Crippen LogP contribution in [0.1, 0.15) is 26.3 Å². The maximum atomic E-state index is 11.9. The molecule has 0 aromatic carbocycles. The van der Waals surface area contributed by atoms with Crippen molar-refractivity contribution < 1.29 is 9.90 Å². The number of carbonyl (C=O) groups excluding carboxylic acids is 1. The number of rotatable bonds is 5. The van der Waals surface area contributed by atoms with E-state index in [0.29, 0.717) is 19.5 Å². The zero-order valence-electron chi connectivity index (χ0n) is 10.1. The van der Waals surface area contributed by atoms with Crippen LogP contribution in [0, 0.1) is 0 Å². The van der Waals surface area contributed by atoms with Crippen LogP contribution in [0.3, 0.4) is 0 Å². The lowest BCUT2D eigenvalue weighted by Gasteiger charge is -2.28. The molecule has 0 fully saturated rings. The summed E-state index contributed by atoms with van der Waals surface area (Å²) in [6.07, 6.45) is 0.424. The van der Waals surface area contributed by atoms with Gasteiger partial charge in [-0.3, -0.25) is 4.79 Å². The zero-order chi connectivity index (χ0) is 12.2. The number of nitrogens with zero attached hydrogens (tertiary/aromatic N) is 1. The molecule has 0 aliphatic heterocycles. The first kappa shape index (κ1) is 13.2. The second-order valence-corrected chi connectivity index (χ2v) is 5.31. The zero-order valence-corrected chi connectivity index (χ0v) is 10.9. The third kappa shape index (κ3) is 4.33. The fourth-order valence-electron chi connectivity index (χ4n) is 1.52. The molecule has 1 N–H and O–H groups in total. The number of aliphatic hydroxyl groups is 1. The number of hydrogen-bond donors (Lipinski definition) is 1. The van der Waals surface area contributed by atoms with Crippen molar-refractivity contribution in [1.82, 2.24) is 4.90 Å². The molecule has 1 heterocycles. The van der Waals surface area contributed by atoms with E-state index < -0.39 is 5.60 Å². The number of hydrogen-bond acceptors (Lipinski definition) is 3. The molecule has 0 unspecified atom stereocenters. The molecule has 1 amide bonds. The van der Waals surface area contributed by atoms with E-state index in [1.807, 2.05) is 23.8 Å². The van der Waals surface area contributed by atoms with Gasteiger partial charge in [-0.15, -0.1) is 0 Å². The van der Waals surface area contributed by atoms with Gasteiger partial charge in [0, 0.05) is 13.1 Å². The predicted molar refractivity (Wildman–Crippen MR) is 66.6 cm³/mol. The molecule has 0 aliphatic rings. The molecular formula is C12H19NO2S. The summed E-state index contributed by atoms with van der Waals surface area (Å²) < 4.78 is 0. The minimum absolute atomic E-state index is 0.0722. The fraction of sp³-hybridized carbons (Fsp3) is 0.583. The molecule has 1 rings (SSSR count). The molecule has 0 radical (unpaired) electrons. The maximum Gasteiger partial charge on any atom is 0.227 e. The van der Waals surface area contributed by atoms with Gasteiger partial charge in [-0.2, -0.15) is 11.3 Å². The maximum absolute atomic E-state index is 11.9. The second-order valence-electron chi connectivity index (χ2n) is 4.53. The van der Waals surface area contributed by atoms with Gasteiger partial charge in [0.15, 0.2) is 0 Å². The normalized spacial score (nSPS) is 11.5. The Morgan fingerprint density at radius 3 is 2.69 bits per heavy atom. The number of carbonyl (C=O) groups is 1. The van der Waals surface area contributed by atoms with Crippen LogP contribution < -0.4 is 0 Å². The lowest BCUT2D eigenvalue weighted by molar-refractivity contribution is -0.133. The van der Waals surface area contributed by atoms with Gasteiger partial charge < -0.3 is 10.0 Å². The van der Waals surface area contributed by atoms with Crippen LogP contribution >= 0.6 is 11.3 Å². The highest BCUT2D eigenvalue weighted by molar-refractivity contribution is 7.07. The van der Waals surface area contributed by atoms with Crippen LogP contribution in [0.2, 0.25) is 0 Å². The second kappa shape index (κ2) is 5.46. The Morgan fingerprint density at radius 2 is 2.25 bits per heavy atom. The highest BCUT2D eigenvalue weighted by Gasteiger charge is 2.21. The molecule has 0 atom stereocenters. The van der Waals surface area contributed by atoms with Crippen LogP contribution in [0.4, 0.5) is 0 Å². The van der Waals surface area contributed by atoms with Crippen LogP contribution in [-0.4, -0.2) is 34.6 Å². The van der Waals surface area contributed by atoms with Crippen LogP contribution in [-0.2, 0) is 11.2 Å². The van der Waals surface area contributed by atoms with E-state index in [1.165, 1.54) is 0 Å². The average molecular weight is 241 g/mol. The Kier molecular flexibility index (Phi) is 4.50. The quantitative estimate of drug-likeness (QED) is 0.855. The van der Waals surface area contributed by atoms with Gasteiger partial charge in [-0.25, -0.2) is 0 Å². The van der Waals surface area contributed by atoms with Crippen LogP contribution in [0.5, 0.6) is 0 Å². The van der Waals surface area contributed by atoms with Gasteiger partial charge in [-0.05, 0) is 43.2 Å². The minimum atomic E-state index is -0.833. The third-order valence-corrected chi connectivity index (χ3v) is 2.98. The van der Waals surface area contributed by atoms with E-state index in [1.54, 1.807) is 30.1 Å². The molecule has 3 nitrogen and oxygen atoms in total. The van der Waals surface area contributed by atoms with E-state index in [0.717, 1.165) is 5.56 Å². The van der Waals surface area contributed by atoms with Crippen molar-refractivity contribution in [1.29, 1.82) is 0 Å². The first-order chi connectivity index (χ1) is 7.42.